The van der Waals surface area contributed by atoms with Crippen molar-refractivity contribution >= 4 is 41.7 Å². The second kappa shape index (κ2) is 15.9. The third-order valence-corrected chi connectivity index (χ3v) is 14.0. The van der Waals surface area contributed by atoms with Gasteiger partial charge in [-0.05, 0) is 46.5 Å². The first kappa shape index (κ1) is 37.8. The van der Waals surface area contributed by atoms with Crippen molar-refractivity contribution < 1.29 is 34.8 Å². The summed E-state index contributed by atoms with van der Waals surface area (Å²) in [7, 11) is -12.8. The van der Waals surface area contributed by atoms with E-state index in [4.69, 9.17) is 0 Å². The second-order valence-electron chi connectivity index (χ2n) is 12.4. The molecule has 1 aliphatic rings. The number of amides is 2. The molecule has 1 aliphatic heterocycles. The number of hydrogen-bond donors (Lipinski definition) is 2. The van der Waals surface area contributed by atoms with E-state index in [0.717, 1.165) is 8.61 Å². The minimum absolute atomic E-state index is 0.111. The minimum Gasteiger partial charge on any atom is -0.352 e. The fourth-order valence-corrected chi connectivity index (χ4v) is 11.4. The van der Waals surface area contributed by atoms with Crippen molar-refractivity contribution in [3.8, 4) is 0 Å². The summed E-state index contributed by atoms with van der Waals surface area (Å²) in [5.74, 6) is -1.68. The molecule has 2 atom stereocenters. The average Bonchev–Trinajstić information content (AvgIpc) is 3.42. The number of carbonyl (C=O) groups is 2. The predicted octanol–water partition coefficient (Wildman–Crippen LogP) is 3.21. The van der Waals surface area contributed by atoms with Gasteiger partial charge in [0, 0.05) is 40.0 Å². The first-order chi connectivity index (χ1) is 24.2. The van der Waals surface area contributed by atoms with E-state index in [9.17, 15) is 34.8 Å². The van der Waals surface area contributed by atoms with Crippen LogP contribution < -0.4 is 10.6 Å². The third kappa shape index (κ3) is 9.48. The fourth-order valence-electron chi connectivity index (χ4n) is 5.93. The number of benzene rings is 4. The van der Waals surface area contributed by atoms with E-state index in [-0.39, 0.29) is 47.8 Å². The summed E-state index contributed by atoms with van der Waals surface area (Å²) in [6.07, 6.45) is 0. The van der Waals surface area contributed by atoms with Crippen LogP contribution in [0.25, 0.3) is 0 Å². The number of carbonyl (C=O) groups excluding carboxylic acids is 2. The molecule has 15 heteroatoms. The Hall–Kier alpha value is -4.41. The molecule has 12 nitrogen and oxygen atoms in total. The van der Waals surface area contributed by atoms with E-state index >= 15 is 0 Å². The molecule has 0 aliphatic carbocycles. The number of rotatable bonds is 14. The Morgan fingerprint density at radius 3 is 1.22 bits per heavy atom. The van der Waals surface area contributed by atoms with Gasteiger partial charge in [0.25, 0.3) is 0 Å². The molecule has 0 bridgehead atoms. The average molecular weight is 753 g/mol. The first-order valence-electron chi connectivity index (χ1n) is 16.1. The summed E-state index contributed by atoms with van der Waals surface area (Å²) in [5.41, 5.74) is 2.48. The topological polar surface area (TPSA) is 167 Å². The summed E-state index contributed by atoms with van der Waals surface area (Å²) in [4.78, 5) is 22.6. The van der Waals surface area contributed by atoms with Crippen LogP contribution in [-0.2, 0) is 65.7 Å². The van der Waals surface area contributed by atoms with E-state index < -0.39 is 53.5 Å². The highest BCUT2D eigenvalue weighted by molar-refractivity contribution is 7.92. The standard InChI is InChI=1S/C36H40N4O8S3/c1-27(41)37-21-29-13-17-33(18-14-29)50(45,46)39(23-31-9-5-3-6-10-31)35-25-49(43,44)26-36(35)40(24-32-11-7-4-8-12-32)51(47,48)34-19-15-30(16-20-34)22-38-28(2)42/h3-20,35-36H,21-26H2,1-2H3,(H,37,41)(H,38,42)/t35-,36-/m0/s1. The van der Waals surface area contributed by atoms with Gasteiger partial charge in [0.1, 0.15) is 0 Å². The SMILES string of the molecule is CC(=O)NCc1ccc(S(=O)(=O)N(Cc2ccccc2)[C@H]2CS(=O)(=O)C[C@@H]2N(Cc2ccccc2)S(=O)(=O)c2ccc(CNC(C)=O)cc2)cc1. The van der Waals surface area contributed by atoms with Gasteiger partial charge >= 0.3 is 0 Å². The highest BCUT2D eigenvalue weighted by atomic mass is 32.2. The first-order valence-corrected chi connectivity index (χ1v) is 20.8. The molecule has 51 heavy (non-hydrogen) atoms. The van der Waals surface area contributed by atoms with E-state index in [2.05, 4.69) is 10.6 Å². The summed E-state index contributed by atoms with van der Waals surface area (Å²) >= 11 is 0. The largest absolute Gasteiger partial charge is 0.352 e. The van der Waals surface area contributed by atoms with Crippen LogP contribution in [0.5, 0.6) is 0 Å². The predicted molar refractivity (Wildman–Crippen MR) is 192 cm³/mol. The van der Waals surface area contributed by atoms with E-state index in [0.29, 0.717) is 22.3 Å². The Bertz CT molecular complexity index is 2010. The number of hydrogen-bond acceptors (Lipinski definition) is 8. The summed E-state index contributed by atoms with van der Waals surface area (Å²) in [6, 6.07) is 26.6. The van der Waals surface area contributed by atoms with Gasteiger partial charge in [-0.1, -0.05) is 84.9 Å². The van der Waals surface area contributed by atoms with Crippen molar-refractivity contribution in [3.05, 3.63) is 131 Å². The molecule has 1 fully saturated rings. The molecule has 2 N–H and O–H groups in total. The van der Waals surface area contributed by atoms with Gasteiger partial charge in [0.2, 0.25) is 31.9 Å². The van der Waals surface area contributed by atoms with Gasteiger partial charge < -0.3 is 10.6 Å². The number of sulfone groups is 1. The van der Waals surface area contributed by atoms with Crippen molar-refractivity contribution in [2.45, 2.75) is 61.9 Å². The lowest BCUT2D eigenvalue weighted by molar-refractivity contribution is -0.120. The van der Waals surface area contributed by atoms with Gasteiger partial charge in [-0.15, -0.1) is 0 Å². The summed E-state index contributed by atoms with van der Waals surface area (Å²) < 4.78 is 87.5. The van der Waals surface area contributed by atoms with Gasteiger partial charge in [0.05, 0.1) is 33.4 Å². The zero-order valence-corrected chi connectivity index (χ0v) is 30.6. The molecule has 2 amide bonds. The Balaban J connectivity index is 1.60. The summed E-state index contributed by atoms with van der Waals surface area (Å²) in [5, 5.41) is 5.33. The highest BCUT2D eigenvalue weighted by Crippen LogP contribution is 2.34. The second-order valence-corrected chi connectivity index (χ2v) is 18.3. The smallest absolute Gasteiger partial charge is 0.243 e. The quantitative estimate of drug-likeness (QED) is 0.198. The van der Waals surface area contributed by atoms with Crippen LogP contribution in [0.1, 0.15) is 36.1 Å². The van der Waals surface area contributed by atoms with Gasteiger partial charge in [-0.2, -0.15) is 8.61 Å². The fraction of sp³-hybridized carbons (Fsp3) is 0.278. The summed E-state index contributed by atoms with van der Waals surface area (Å²) in [6.45, 7) is 2.68. The van der Waals surface area contributed by atoms with Crippen LogP contribution in [0.2, 0.25) is 0 Å². The molecular weight excluding hydrogens is 713 g/mol. The van der Waals surface area contributed by atoms with Gasteiger partial charge in [-0.3, -0.25) is 9.59 Å². The van der Waals surface area contributed by atoms with Crippen molar-refractivity contribution in [1.29, 1.82) is 0 Å². The van der Waals surface area contributed by atoms with Crippen LogP contribution in [0.3, 0.4) is 0 Å². The zero-order chi connectivity index (χ0) is 36.8. The Morgan fingerprint density at radius 2 is 0.902 bits per heavy atom. The van der Waals surface area contributed by atoms with E-state index in [1.54, 1.807) is 84.9 Å². The van der Waals surface area contributed by atoms with Crippen LogP contribution in [0.15, 0.2) is 119 Å². The monoisotopic (exact) mass is 752 g/mol. The molecule has 4 aromatic carbocycles. The Morgan fingerprint density at radius 1 is 0.569 bits per heavy atom. The maximum Gasteiger partial charge on any atom is 0.243 e. The van der Waals surface area contributed by atoms with Crippen molar-refractivity contribution in [3.63, 3.8) is 0 Å². The molecule has 0 aromatic heterocycles. The lowest BCUT2D eigenvalue weighted by Gasteiger charge is -2.37. The lowest BCUT2D eigenvalue weighted by Crippen LogP contribution is -2.54. The van der Waals surface area contributed by atoms with Crippen molar-refractivity contribution in [1.82, 2.24) is 19.2 Å². The molecular formula is C36H40N4O8S3. The molecule has 0 spiro atoms. The van der Waals surface area contributed by atoms with Crippen LogP contribution in [0, 0.1) is 0 Å². The Labute approximate surface area is 299 Å². The highest BCUT2D eigenvalue weighted by Gasteiger charge is 2.50. The molecule has 1 saturated heterocycles. The molecule has 270 valence electrons. The normalized spacial score (nSPS) is 17.3. The minimum atomic E-state index is -4.42. The molecule has 0 unspecified atom stereocenters. The number of nitrogens with zero attached hydrogens (tertiary/aromatic N) is 2. The van der Waals surface area contributed by atoms with Crippen molar-refractivity contribution in [2.24, 2.45) is 0 Å². The van der Waals surface area contributed by atoms with Crippen LogP contribution in [-0.4, -0.2) is 69.3 Å². The number of nitrogens with one attached hydrogen (secondary N) is 2. The van der Waals surface area contributed by atoms with Crippen molar-refractivity contribution in [2.75, 3.05) is 11.5 Å². The maximum absolute atomic E-state index is 14.6. The van der Waals surface area contributed by atoms with Crippen LogP contribution in [0.4, 0.5) is 0 Å². The third-order valence-electron chi connectivity index (χ3n) is 8.54. The Kier molecular flexibility index (Phi) is 11.8. The maximum atomic E-state index is 14.6. The van der Waals surface area contributed by atoms with Gasteiger partial charge in [-0.25, -0.2) is 25.3 Å². The van der Waals surface area contributed by atoms with E-state index in [1.807, 2.05) is 0 Å². The molecule has 5 rings (SSSR count). The molecule has 0 radical (unpaired) electrons. The van der Waals surface area contributed by atoms with Gasteiger partial charge in [0.15, 0.2) is 9.84 Å². The lowest BCUT2D eigenvalue weighted by atomic mass is 10.1. The molecule has 4 aromatic rings. The zero-order valence-electron chi connectivity index (χ0n) is 28.2. The number of sulfonamides is 2. The molecule has 0 saturated carbocycles. The van der Waals surface area contributed by atoms with E-state index in [1.165, 1.54) is 38.1 Å². The van der Waals surface area contributed by atoms with Crippen LogP contribution >= 0.6 is 0 Å². The molecule has 1 heterocycles.